The molecule has 0 aliphatic heterocycles. The minimum atomic E-state index is -2.95. The normalized spacial score (nSPS) is 17.1. The maximum atomic E-state index is 13.7. The Morgan fingerprint density at radius 3 is 2.41 bits per heavy atom. The van der Waals surface area contributed by atoms with E-state index in [0.717, 1.165) is 18.2 Å². The Kier molecular flexibility index (Phi) is 7.29. The lowest BCUT2D eigenvalue weighted by molar-refractivity contribution is -0.176. The largest absolute Gasteiger partial charge is 0.444 e. The van der Waals surface area contributed by atoms with E-state index in [9.17, 15) is 27.5 Å². The van der Waals surface area contributed by atoms with E-state index >= 15 is 0 Å². The number of aliphatic hydroxyl groups is 1. The predicted octanol–water partition coefficient (Wildman–Crippen LogP) is 5.44. The summed E-state index contributed by atoms with van der Waals surface area (Å²) in [7, 11) is 0. The lowest BCUT2D eigenvalue weighted by atomic mass is 9.77. The molecule has 182 valence electrons. The number of carbonyl (C=O) groups excluding carboxylic acids is 1. The van der Waals surface area contributed by atoms with Gasteiger partial charge >= 0.3 is 6.09 Å². The van der Waals surface area contributed by atoms with E-state index in [1.807, 2.05) is 0 Å². The van der Waals surface area contributed by atoms with Crippen LogP contribution in [0.5, 0.6) is 0 Å². The highest BCUT2D eigenvalue weighted by atomic mass is 79.9. The van der Waals surface area contributed by atoms with Gasteiger partial charge in [-0.25, -0.2) is 27.3 Å². The van der Waals surface area contributed by atoms with Crippen molar-refractivity contribution < 1.29 is 32.2 Å². The summed E-state index contributed by atoms with van der Waals surface area (Å²) in [5.41, 5.74) is -1.91. The van der Waals surface area contributed by atoms with Crippen LogP contribution in [-0.4, -0.2) is 33.3 Å². The molecule has 1 amide bonds. The van der Waals surface area contributed by atoms with E-state index < -0.39 is 53.7 Å². The summed E-state index contributed by atoms with van der Waals surface area (Å²) in [6.07, 6.45) is -2.33. The van der Waals surface area contributed by atoms with Crippen LogP contribution < -0.4 is 5.32 Å². The molecule has 1 saturated carbocycles. The first kappa shape index (κ1) is 26.0. The van der Waals surface area contributed by atoms with Crippen molar-refractivity contribution in [2.75, 3.05) is 0 Å². The second kappa shape index (κ2) is 9.55. The van der Waals surface area contributed by atoms with E-state index in [4.69, 9.17) is 4.74 Å². The first-order valence-corrected chi connectivity index (χ1v) is 11.2. The molecule has 5 nitrogen and oxygen atoms in total. The van der Waals surface area contributed by atoms with E-state index in [2.05, 4.69) is 38.1 Å². The Morgan fingerprint density at radius 2 is 1.85 bits per heavy atom. The van der Waals surface area contributed by atoms with Crippen LogP contribution in [0.4, 0.5) is 22.4 Å². The zero-order chi connectivity index (χ0) is 25.3. The highest BCUT2D eigenvalue weighted by molar-refractivity contribution is 9.10. The standard InChI is InChI=1S/C24H23BrF4N2O3/c1-22(2,3)34-21(32)31-19(10-14-8-15(26)11-16(27)9-14)20-18(25)5-4-17(30-20)6-7-23(33)12-24(28,29)13-23/h4-5,8-9,11,19,33H,10,12-13H2,1-3H3,(H,31,32)/t19-/m0/s1. The number of benzene rings is 1. The van der Waals surface area contributed by atoms with E-state index in [1.165, 1.54) is 6.07 Å². The lowest BCUT2D eigenvalue weighted by Gasteiger charge is -2.39. The summed E-state index contributed by atoms with van der Waals surface area (Å²) in [5.74, 6) is 0.514. The molecule has 10 heteroatoms. The third kappa shape index (κ3) is 7.18. The van der Waals surface area contributed by atoms with Gasteiger partial charge in [-0.2, -0.15) is 0 Å². The fourth-order valence-corrected chi connectivity index (χ4v) is 3.97. The van der Waals surface area contributed by atoms with Crippen LogP contribution in [0.2, 0.25) is 0 Å². The molecule has 0 radical (unpaired) electrons. The smallest absolute Gasteiger partial charge is 0.408 e. The number of aromatic nitrogens is 1. The summed E-state index contributed by atoms with van der Waals surface area (Å²) in [5, 5.41) is 12.7. The Morgan fingerprint density at radius 1 is 1.24 bits per heavy atom. The SMILES string of the molecule is CC(C)(C)OC(=O)N[C@@H](Cc1cc(F)cc(F)c1)c1nc(C#CC2(O)CC(F)(F)C2)ccc1Br. The number of nitrogens with one attached hydrogen (secondary N) is 1. The zero-order valence-electron chi connectivity index (χ0n) is 18.7. The molecule has 1 aliphatic carbocycles. The summed E-state index contributed by atoms with van der Waals surface area (Å²) in [6, 6.07) is 5.21. The van der Waals surface area contributed by atoms with Gasteiger partial charge in [0.1, 0.15) is 28.5 Å². The monoisotopic (exact) mass is 542 g/mol. The number of alkyl carbamates (subject to hydrolysis) is 1. The predicted molar refractivity (Wildman–Crippen MR) is 120 cm³/mol. The quantitative estimate of drug-likeness (QED) is 0.398. The summed E-state index contributed by atoms with van der Waals surface area (Å²) in [6.45, 7) is 5.05. The van der Waals surface area contributed by atoms with Crippen molar-refractivity contribution in [3.8, 4) is 11.8 Å². The van der Waals surface area contributed by atoms with Gasteiger partial charge in [0.15, 0.2) is 0 Å². The molecule has 1 aromatic heterocycles. The van der Waals surface area contributed by atoms with Crippen LogP contribution in [0.15, 0.2) is 34.8 Å². The van der Waals surface area contributed by atoms with Gasteiger partial charge in [0.05, 0.1) is 24.6 Å². The molecular formula is C24H23BrF4N2O3. The van der Waals surface area contributed by atoms with Gasteiger partial charge < -0.3 is 15.2 Å². The van der Waals surface area contributed by atoms with Crippen LogP contribution in [0.3, 0.4) is 0 Å². The third-order valence-corrected chi connectivity index (χ3v) is 5.45. The van der Waals surface area contributed by atoms with Crippen molar-refractivity contribution in [3.05, 3.63) is 63.4 Å². The van der Waals surface area contributed by atoms with Crippen molar-refractivity contribution >= 4 is 22.0 Å². The number of alkyl halides is 2. The number of hydrogen-bond acceptors (Lipinski definition) is 4. The molecule has 2 aromatic rings. The van der Waals surface area contributed by atoms with E-state index in [1.54, 1.807) is 26.8 Å². The molecule has 1 fully saturated rings. The Bertz CT molecular complexity index is 1130. The number of amides is 1. The Balaban J connectivity index is 1.93. The summed E-state index contributed by atoms with van der Waals surface area (Å²) >= 11 is 3.36. The van der Waals surface area contributed by atoms with Crippen molar-refractivity contribution in [3.63, 3.8) is 0 Å². The molecule has 0 spiro atoms. The topological polar surface area (TPSA) is 71.5 Å². The fraction of sp³-hybridized carbons (Fsp3) is 0.417. The minimum Gasteiger partial charge on any atom is -0.444 e. The molecule has 1 atom stereocenters. The number of pyridine rings is 1. The van der Waals surface area contributed by atoms with Crippen molar-refractivity contribution in [1.82, 2.24) is 10.3 Å². The minimum absolute atomic E-state index is 0.0352. The lowest BCUT2D eigenvalue weighted by Crippen LogP contribution is -2.50. The first-order valence-electron chi connectivity index (χ1n) is 10.4. The number of hydrogen-bond donors (Lipinski definition) is 2. The van der Waals surface area contributed by atoms with Crippen LogP contribution in [-0.2, 0) is 11.2 Å². The van der Waals surface area contributed by atoms with Crippen LogP contribution in [0, 0.1) is 23.5 Å². The molecule has 1 aromatic carbocycles. The molecule has 0 bridgehead atoms. The zero-order valence-corrected chi connectivity index (χ0v) is 20.3. The molecule has 1 heterocycles. The Labute approximate surface area is 203 Å². The molecular weight excluding hydrogens is 520 g/mol. The van der Waals surface area contributed by atoms with Crippen LogP contribution in [0.25, 0.3) is 0 Å². The van der Waals surface area contributed by atoms with Gasteiger partial charge in [0.25, 0.3) is 5.92 Å². The summed E-state index contributed by atoms with van der Waals surface area (Å²) < 4.78 is 59.5. The third-order valence-electron chi connectivity index (χ3n) is 4.78. The highest BCUT2D eigenvalue weighted by Gasteiger charge is 2.55. The van der Waals surface area contributed by atoms with Gasteiger partial charge in [-0.15, -0.1) is 0 Å². The molecule has 34 heavy (non-hydrogen) atoms. The van der Waals surface area contributed by atoms with E-state index in [0.29, 0.717) is 4.47 Å². The van der Waals surface area contributed by atoms with Gasteiger partial charge in [-0.3, -0.25) is 0 Å². The number of carbonyl (C=O) groups is 1. The van der Waals surface area contributed by atoms with Gasteiger partial charge in [-0.1, -0.05) is 5.92 Å². The van der Waals surface area contributed by atoms with Gasteiger partial charge in [0, 0.05) is 10.5 Å². The van der Waals surface area contributed by atoms with Crippen LogP contribution >= 0.6 is 15.9 Å². The van der Waals surface area contributed by atoms with Gasteiger partial charge in [0.2, 0.25) is 0 Å². The molecule has 0 unspecified atom stereocenters. The van der Waals surface area contributed by atoms with E-state index in [-0.39, 0.29) is 23.4 Å². The number of ether oxygens (including phenoxy) is 1. The second-order valence-electron chi connectivity index (χ2n) is 9.24. The maximum absolute atomic E-state index is 13.7. The van der Waals surface area contributed by atoms with Crippen LogP contribution in [0.1, 0.15) is 56.6 Å². The van der Waals surface area contributed by atoms with Crippen molar-refractivity contribution in [1.29, 1.82) is 0 Å². The second-order valence-corrected chi connectivity index (χ2v) is 10.1. The maximum Gasteiger partial charge on any atom is 0.408 e. The molecule has 1 aliphatic rings. The Hall–Kier alpha value is -2.64. The number of rotatable bonds is 4. The average Bonchev–Trinajstić information content (AvgIpc) is 2.63. The van der Waals surface area contributed by atoms with Crippen molar-refractivity contribution in [2.24, 2.45) is 0 Å². The number of nitrogens with zero attached hydrogens (tertiary/aromatic N) is 1. The summed E-state index contributed by atoms with van der Waals surface area (Å²) in [4.78, 5) is 16.9. The first-order chi connectivity index (χ1) is 15.6. The van der Waals surface area contributed by atoms with Gasteiger partial charge in [-0.05, 0) is 78.9 Å². The molecule has 3 rings (SSSR count). The molecule has 2 N–H and O–H groups in total. The fourth-order valence-electron chi connectivity index (χ4n) is 3.47. The van der Waals surface area contributed by atoms with Crippen molar-refractivity contribution in [2.45, 2.75) is 63.2 Å². The average molecular weight is 543 g/mol. The highest BCUT2D eigenvalue weighted by Crippen LogP contribution is 2.45. The molecule has 0 saturated heterocycles. The number of halogens is 5.